The Labute approximate surface area is 237 Å². The molecule has 40 heavy (non-hydrogen) atoms. The highest BCUT2D eigenvalue weighted by atomic mass is 32.2. The Morgan fingerprint density at radius 1 is 1.00 bits per heavy atom. The van der Waals surface area contributed by atoms with Crippen LogP contribution in [0.5, 0.6) is 0 Å². The molecule has 2 heterocycles. The number of carbonyl (C=O) groups excluding carboxylic acids is 1. The normalized spacial score (nSPS) is 14.1. The van der Waals surface area contributed by atoms with Gasteiger partial charge in [0.25, 0.3) is 5.91 Å². The van der Waals surface area contributed by atoms with Gasteiger partial charge in [0.15, 0.2) is 5.16 Å². The highest BCUT2D eigenvalue weighted by Gasteiger charge is 2.31. The molecule has 11 heteroatoms. The predicted molar refractivity (Wildman–Crippen MR) is 154 cm³/mol. The molecule has 7 nitrogen and oxygen atoms in total. The number of likely N-dealkylation sites (N-methyl/N-ethyl adjacent to an activating group) is 1. The number of anilines is 2. The summed E-state index contributed by atoms with van der Waals surface area (Å²) in [5.74, 6) is 1.42. The molecule has 1 saturated heterocycles. The molecule has 1 amide bonds. The van der Waals surface area contributed by atoms with E-state index in [4.69, 9.17) is 9.97 Å². The van der Waals surface area contributed by atoms with Gasteiger partial charge >= 0.3 is 6.18 Å². The Bertz CT molecular complexity index is 1280. The standard InChI is InChI=1S/C29H35F3N6OS/c1-4-24-19-26(38-16-14-37(15-17-38)25-7-5-6-23(18-25)29(30,31)32)35-28(34-24)40-20-21-8-10-22(11-9-21)27(39)33-12-13-36(2)3/h5-11,18-19H,4,12-17,20H2,1-3H3,(H,33,39). The minimum atomic E-state index is -4.36. The van der Waals surface area contributed by atoms with Crippen molar-refractivity contribution in [1.82, 2.24) is 20.2 Å². The molecule has 1 aliphatic heterocycles. The van der Waals surface area contributed by atoms with Gasteiger partial charge < -0.3 is 20.0 Å². The van der Waals surface area contributed by atoms with E-state index in [0.717, 1.165) is 36.1 Å². The minimum Gasteiger partial charge on any atom is -0.368 e. The minimum absolute atomic E-state index is 0.0853. The number of halogens is 3. The Balaban J connectivity index is 1.35. The summed E-state index contributed by atoms with van der Waals surface area (Å²) in [6.45, 7) is 5.93. The van der Waals surface area contributed by atoms with Gasteiger partial charge in [0.1, 0.15) is 5.82 Å². The summed E-state index contributed by atoms with van der Waals surface area (Å²) in [5, 5.41) is 3.60. The van der Waals surface area contributed by atoms with Crippen molar-refractivity contribution >= 4 is 29.2 Å². The van der Waals surface area contributed by atoms with Crippen molar-refractivity contribution in [2.45, 2.75) is 30.4 Å². The monoisotopic (exact) mass is 572 g/mol. The fourth-order valence-electron chi connectivity index (χ4n) is 4.34. The SMILES string of the molecule is CCc1cc(N2CCN(c3cccc(C(F)(F)F)c3)CC2)nc(SCc2ccc(C(=O)NCCN(C)C)cc2)n1. The maximum atomic E-state index is 13.2. The second-order valence-electron chi connectivity index (χ2n) is 9.92. The third-order valence-electron chi connectivity index (χ3n) is 6.68. The molecule has 0 aliphatic carbocycles. The number of nitrogens with one attached hydrogen (secondary N) is 1. The Morgan fingerprint density at radius 3 is 2.35 bits per heavy atom. The molecule has 2 aromatic carbocycles. The molecule has 0 atom stereocenters. The second-order valence-corrected chi connectivity index (χ2v) is 10.9. The molecular formula is C29H35F3N6OS. The largest absolute Gasteiger partial charge is 0.416 e. The van der Waals surface area contributed by atoms with Gasteiger partial charge in [0.05, 0.1) is 5.56 Å². The lowest BCUT2D eigenvalue weighted by molar-refractivity contribution is -0.137. The zero-order chi connectivity index (χ0) is 28.7. The lowest BCUT2D eigenvalue weighted by atomic mass is 10.1. The fourth-order valence-corrected chi connectivity index (χ4v) is 5.16. The number of aryl methyl sites for hydroxylation is 1. The Hall–Kier alpha value is -3.31. The molecule has 1 aromatic heterocycles. The number of amides is 1. The number of rotatable bonds is 10. The van der Waals surface area contributed by atoms with Gasteiger partial charge in [-0.3, -0.25) is 4.79 Å². The summed E-state index contributed by atoms with van der Waals surface area (Å²) < 4.78 is 39.5. The molecule has 1 aliphatic rings. The van der Waals surface area contributed by atoms with Crippen LogP contribution < -0.4 is 15.1 Å². The summed E-state index contributed by atoms with van der Waals surface area (Å²) >= 11 is 1.54. The fraction of sp³-hybridized carbons (Fsp3) is 0.414. The lowest BCUT2D eigenvalue weighted by Gasteiger charge is -2.37. The van der Waals surface area contributed by atoms with Crippen LogP contribution in [-0.2, 0) is 18.3 Å². The van der Waals surface area contributed by atoms with E-state index in [0.29, 0.717) is 54.9 Å². The maximum Gasteiger partial charge on any atom is 0.416 e. The van der Waals surface area contributed by atoms with E-state index in [2.05, 4.69) is 17.1 Å². The average molecular weight is 573 g/mol. The van der Waals surface area contributed by atoms with Gasteiger partial charge in [0.2, 0.25) is 0 Å². The molecular weight excluding hydrogens is 537 g/mol. The van der Waals surface area contributed by atoms with Crippen LogP contribution in [0.4, 0.5) is 24.7 Å². The third kappa shape index (κ3) is 8.11. The maximum absolute atomic E-state index is 13.2. The van der Waals surface area contributed by atoms with Gasteiger partial charge in [-0.25, -0.2) is 9.97 Å². The van der Waals surface area contributed by atoms with Gasteiger partial charge in [0, 0.05) is 68.0 Å². The highest BCUT2D eigenvalue weighted by Crippen LogP contribution is 2.32. The molecule has 0 saturated carbocycles. The van der Waals surface area contributed by atoms with Crippen molar-refractivity contribution < 1.29 is 18.0 Å². The van der Waals surface area contributed by atoms with E-state index in [1.165, 1.54) is 12.1 Å². The molecule has 0 radical (unpaired) electrons. The number of aromatic nitrogens is 2. The summed E-state index contributed by atoms with van der Waals surface area (Å²) in [6, 6.07) is 15.1. The first-order valence-corrected chi connectivity index (χ1v) is 14.3. The van der Waals surface area contributed by atoms with Crippen LogP contribution in [-0.4, -0.2) is 74.1 Å². The van der Waals surface area contributed by atoms with Gasteiger partial charge in [-0.1, -0.05) is 36.9 Å². The third-order valence-corrected chi connectivity index (χ3v) is 7.60. The molecule has 3 aromatic rings. The smallest absolute Gasteiger partial charge is 0.368 e. The van der Waals surface area contributed by atoms with Gasteiger partial charge in [-0.05, 0) is 56.4 Å². The summed E-state index contributed by atoms with van der Waals surface area (Å²) in [5.41, 5.74) is 2.59. The van der Waals surface area contributed by atoms with Gasteiger partial charge in [-0.15, -0.1) is 0 Å². The first kappa shape index (κ1) is 29.7. The number of piperazine rings is 1. The van der Waals surface area contributed by atoms with Crippen molar-refractivity contribution in [3.05, 3.63) is 77.0 Å². The molecule has 0 bridgehead atoms. The topological polar surface area (TPSA) is 64.6 Å². The van der Waals surface area contributed by atoms with E-state index in [-0.39, 0.29) is 5.91 Å². The number of hydrogen-bond acceptors (Lipinski definition) is 7. The number of benzene rings is 2. The number of carbonyl (C=O) groups is 1. The van der Waals surface area contributed by atoms with Gasteiger partial charge in [-0.2, -0.15) is 13.2 Å². The Kier molecular flexibility index (Phi) is 9.91. The van der Waals surface area contributed by atoms with E-state index in [1.54, 1.807) is 17.8 Å². The van der Waals surface area contributed by atoms with Crippen LogP contribution in [0.15, 0.2) is 59.8 Å². The van der Waals surface area contributed by atoms with E-state index >= 15 is 0 Å². The van der Waals surface area contributed by atoms with Crippen molar-refractivity contribution in [3.63, 3.8) is 0 Å². The summed E-state index contributed by atoms with van der Waals surface area (Å²) in [4.78, 5) is 28.0. The van der Waals surface area contributed by atoms with Crippen molar-refractivity contribution in [1.29, 1.82) is 0 Å². The number of hydrogen-bond donors (Lipinski definition) is 1. The van der Waals surface area contributed by atoms with Crippen molar-refractivity contribution in [3.8, 4) is 0 Å². The number of nitrogens with zero attached hydrogens (tertiary/aromatic N) is 5. The number of alkyl halides is 3. The van der Waals surface area contributed by atoms with Crippen LogP contribution in [0.2, 0.25) is 0 Å². The van der Waals surface area contributed by atoms with Crippen LogP contribution in [0.3, 0.4) is 0 Å². The van der Waals surface area contributed by atoms with E-state index < -0.39 is 11.7 Å². The molecule has 1 fully saturated rings. The predicted octanol–water partition coefficient (Wildman–Crippen LogP) is 4.97. The molecule has 0 unspecified atom stereocenters. The van der Waals surface area contributed by atoms with Crippen LogP contribution in [0.1, 0.15) is 34.1 Å². The van der Waals surface area contributed by atoms with Crippen LogP contribution in [0, 0.1) is 0 Å². The highest BCUT2D eigenvalue weighted by molar-refractivity contribution is 7.98. The molecule has 4 rings (SSSR count). The molecule has 1 N–H and O–H groups in total. The zero-order valence-electron chi connectivity index (χ0n) is 23.0. The van der Waals surface area contributed by atoms with Crippen LogP contribution in [0.25, 0.3) is 0 Å². The summed E-state index contributed by atoms with van der Waals surface area (Å²) in [6.07, 6.45) is -3.59. The number of thioether (sulfide) groups is 1. The molecule has 0 spiro atoms. The van der Waals surface area contributed by atoms with Crippen LogP contribution >= 0.6 is 11.8 Å². The first-order chi connectivity index (χ1) is 19.1. The quantitative estimate of drug-likeness (QED) is 0.272. The summed E-state index contributed by atoms with van der Waals surface area (Å²) in [7, 11) is 3.93. The van der Waals surface area contributed by atoms with Crippen molar-refractivity contribution in [2.24, 2.45) is 0 Å². The Morgan fingerprint density at radius 2 is 1.70 bits per heavy atom. The van der Waals surface area contributed by atoms with Crippen molar-refractivity contribution in [2.75, 3.05) is 63.2 Å². The lowest BCUT2D eigenvalue weighted by Crippen LogP contribution is -2.47. The zero-order valence-corrected chi connectivity index (χ0v) is 23.9. The van der Waals surface area contributed by atoms with E-state index in [9.17, 15) is 18.0 Å². The molecule has 214 valence electrons. The second kappa shape index (κ2) is 13.4. The van der Waals surface area contributed by atoms with E-state index in [1.807, 2.05) is 54.2 Å². The average Bonchev–Trinajstić information content (AvgIpc) is 2.95. The first-order valence-electron chi connectivity index (χ1n) is 13.3.